The van der Waals surface area contributed by atoms with Gasteiger partial charge in [-0.1, -0.05) is 11.8 Å². The molecule has 0 amide bonds. The number of nitrogens with two attached hydrogens (primary N) is 1. The Hall–Kier alpha value is -1.26. The summed E-state index contributed by atoms with van der Waals surface area (Å²) in [5.41, 5.74) is 7.33. The Morgan fingerprint density at radius 2 is 2.12 bits per heavy atom. The molecule has 0 spiro atoms. The van der Waals surface area contributed by atoms with Gasteiger partial charge in [-0.25, -0.2) is 15.0 Å². The first-order chi connectivity index (χ1) is 12.5. The molecule has 3 aromatic rings. The average Bonchev–Trinajstić information content (AvgIpc) is 2.97. The van der Waals surface area contributed by atoms with Gasteiger partial charge in [0.1, 0.15) is 12.1 Å². The van der Waals surface area contributed by atoms with Crippen molar-refractivity contribution in [1.82, 2.24) is 19.5 Å². The molecule has 0 saturated carbocycles. The largest absolute Gasteiger partial charge is 0.496 e. The first kappa shape index (κ1) is 19.5. The minimum absolute atomic E-state index is 0.377. The standard InChI is InChI=1S/C17H15I2N5OS/c1-3-4-5-6-24-16-14(15(20)21-9-22-16)23-17(24)26-13-8-12(25-2)10(18)7-11(13)19/h1,7-9H,4-6H2,2H3,(H2,20,21,22). The molecule has 134 valence electrons. The molecule has 0 bridgehead atoms. The zero-order valence-corrected chi connectivity index (χ0v) is 19.0. The van der Waals surface area contributed by atoms with Crippen LogP contribution in [-0.2, 0) is 6.54 Å². The molecule has 2 heterocycles. The highest BCUT2D eigenvalue weighted by Gasteiger charge is 2.17. The molecule has 0 fully saturated rings. The van der Waals surface area contributed by atoms with Crippen molar-refractivity contribution in [2.45, 2.75) is 29.4 Å². The molecule has 9 heteroatoms. The summed E-state index contributed by atoms with van der Waals surface area (Å²) in [5.74, 6) is 3.89. The van der Waals surface area contributed by atoms with Crippen molar-refractivity contribution in [3.05, 3.63) is 25.6 Å². The van der Waals surface area contributed by atoms with E-state index in [1.807, 2.05) is 6.07 Å². The maximum absolute atomic E-state index is 5.99. The topological polar surface area (TPSA) is 78.9 Å². The molecule has 0 unspecified atom stereocenters. The molecule has 2 N–H and O–H groups in total. The molecule has 0 saturated heterocycles. The Bertz CT molecular complexity index is 999. The Morgan fingerprint density at radius 3 is 2.85 bits per heavy atom. The van der Waals surface area contributed by atoms with Crippen LogP contribution in [0, 0.1) is 19.5 Å². The van der Waals surface area contributed by atoms with Gasteiger partial charge in [0.15, 0.2) is 22.1 Å². The summed E-state index contributed by atoms with van der Waals surface area (Å²) in [4.78, 5) is 14.2. The van der Waals surface area contributed by atoms with Crippen LogP contribution < -0.4 is 10.5 Å². The van der Waals surface area contributed by atoms with Crippen LogP contribution in [0.25, 0.3) is 11.2 Å². The number of aryl methyl sites for hydroxylation is 1. The summed E-state index contributed by atoms with van der Waals surface area (Å²) in [6, 6.07) is 4.11. The molecule has 0 aliphatic rings. The fraction of sp³-hybridized carbons (Fsp3) is 0.235. The second-order valence-corrected chi connectivity index (χ2v) is 8.64. The molecular formula is C17H15I2N5OS. The number of ether oxygens (including phenoxy) is 1. The van der Waals surface area contributed by atoms with Gasteiger partial charge in [0.2, 0.25) is 0 Å². The van der Waals surface area contributed by atoms with Gasteiger partial charge in [-0.2, -0.15) is 0 Å². The number of benzene rings is 1. The molecule has 0 atom stereocenters. The van der Waals surface area contributed by atoms with Crippen LogP contribution in [0.2, 0.25) is 0 Å². The SMILES string of the molecule is C#CCCCn1c(Sc2cc(OC)c(I)cc2I)nc2c(N)ncnc21. The highest BCUT2D eigenvalue weighted by molar-refractivity contribution is 14.1. The number of anilines is 1. The van der Waals surface area contributed by atoms with Gasteiger partial charge >= 0.3 is 0 Å². The predicted octanol–water partition coefficient (Wildman–Crippen LogP) is 4.19. The lowest BCUT2D eigenvalue weighted by Gasteiger charge is -2.11. The molecule has 0 aliphatic carbocycles. The monoisotopic (exact) mass is 591 g/mol. The van der Waals surface area contributed by atoms with E-state index < -0.39 is 0 Å². The zero-order valence-electron chi connectivity index (χ0n) is 13.9. The van der Waals surface area contributed by atoms with Crippen molar-refractivity contribution >= 4 is 73.9 Å². The maximum atomic E-state index is 5.99. The Kier molecular flexibility index (Phi) is 6.46. The summed E-state index contributed by atoms with van der Waals surface area (Å²) in [5, 5.41) is 0.811. The van der Waals surface area contributed by atoms with Crippen LogP contribution in [0.15, 0.2) is 28.5 Å². The highest BCUT2D eigenvalue weighted by atomic mass is 127. The second kappa shape index (κ2) is 8.62. The number of rotatable bonds is 6. The number of hydrogen-bond donors (Lipinski definition) is 1. The molecule has 0 radical (unpaired) electrons. The highest BCUT2D eigenvalue weighted by Crippen LogP contribution is 2.37. The normalized spacial score (nSPS) is 10.8. The van der Waals surface area contributed by atoms with E-state index >= 15 is 0 Å². The third-order valence-electron chi connectivity index (χ3n) is 3.64. The second-order valence-electron chi connectivity index (χ2n) is 5.30. The number of imidazole rings is 1. The Labute approximate surface area is 183 Å². The van der Waals surface area contributed by atoms with Gasteiger partial charge in [-0.3, -0.25) is 0 Å². The van der Waals surface area contributed by atoms with Gasteiger partial charge in [0.25, 0.3) is 0 Å². The summed E-state index contributed by atoms with van der Waals surface area (Å²) in [7, 11) is 1.67. The van der Waals surface area contributed by atoms with Crippen molar-refractivity contribution in [2.24, 2.45) is 0 Å². The van der Waals surface area contributed by atoms with Gasteiger partial charge in [-0.15, -0.1) is 12.3 Å². The first-order valence-corrected chi connectivity index (χ1v) is 10.6. The Morgan fingerprint density at radius 1 is 1.31 bits per heavy atom. The van der Waals surface area contributed by atoms with Crippen LogP contribution in [-0.4, -0.2) is 26.6 Å². The van der Waals surface area contributed by atoms with Crippen LogP contribution in [0.4, 0.5) is 5.82 Å². The van der Waals surface area contributed by atoms with Crippen molar-refractivity contribution in [3.63, 3.8) is 0 Å². The van der Waals surface area contributed by atoms with E-state index in [-0.39, 0.29) is 0 Å². The number of nitrogen functional groups attached to an aromatic ring is 1. The number of fused-ring (bicyclic) bond motifs is 1. The molecule has 6 nitrogen and oxygen atoms in total. The number of nitrogens with zero attached hydrogens (tertiary/aromatic N) is 4. The van der Waals surface area contributed by atoms with Crippen molar-refractivity contribution in [1.29, 1.82) is 0 Å². The van der Waals surface area contributed by atoms with Gasteiger partial charge in [0.05, 0.1) is 10.7 Å². The first-order valence-electron chi connectivity index (χ1n) is 7.66. The van der Waals surface area contributed by atoms with E-state index in [1.165, 1.54) is 6.33 Å². The summed E-state index contributed by atoms with van der Waals surface area (Å²) in [6.07, 6.45) is 8.39. The molecule has 0 aliphatic heterocycles. The lowest BCUT2D eigenvalue weighted by atomic mass is 10.3. The summed E-state index contributed by atoms with van der Waals surface area (Å²) >= 11 is 6.14. The number of hydrogen-bond acceptors (Lipinski definition) is 6. The van der Waals surface area contributed by atoms with Crippen molar-refractivity contribution in [3.8, 4) is 18.1 Å². The number of aromatic nitrogens is 4. The minimum Gasteiger partial charge on any atom is -0.496 e. The maximum Gasteiger partial charge on any atom is 0.175 e. The molecule has 2 aromatic heterocycles. The van der Waals surface area contributed by atoms with E-state index in [4.69, 9.17) is 16.9 Å². The van der Waals surface area contributed by atoms with Crippen LogP contribution >= 0.6 is 56.9 Å². The lowest BCUT2D eigenvalue weighted by Crippen LogP contribution is -2.02. The van der Waals surface area contributed by atoms with Crippen LogP contribution in [0.1, 0.15) is 12.8 Å². The van der Waals surface area contributed by atoms with E-state index in [2.05, 4.69) is 76.7 Å². The third-order valence-corrected chi connectivity index (χ3v) is 6.79. The predicted molar refractivity (Wildman–Crippen MR) is 120 cm³/mol. The van der Waals surface area contributed by atoms with E-state index in [1.54, 1.807) is 18.9 Å². The number of methoxy groups -OCH3 is 1. The fourth-order valence-electron chi connectivity index (χ4n) is 2.40. The molecule has 3 rings (SSSR count). The van der Waals surface area contributed by atoms with E-state index in [0.29, 0.717) is 17.8 Å². The van der Waals surface area contributed by atoms with Gasteiger partial charge < -0.3 is 15.0 Å². The lowest BCUT2D eigenvalue weighted by molar-refractivity contribution is 0.410. The van der Waals surface area contributed by atoms with Gasteiger partial charge in [-0.05, 0) is 63.7 Å². The quantitative estimate of drug-likeness (QED) is 0.263. The zero-order chi connectivity index (χ0) is 18.7. The van der Waals surface area contributed by atoms with Crippen LogP contribution in [0.3, 0.4) is 0 Å². The minimum atomic E-state index is 0.377. The number of terminal acetylenes is 1. The summed E-state index contributed by atoms with van der Waals surface area (Å²) < 4.78 is 9.69. The van der Waals surface area contributed by atoms with Crippen LogP contribution in [0.5, 0.6) is 5.75 Å². The average molecular weight is 591 g/mol. The third kappa shape index (κ3) is 4.01. The molecule has 26 heavy (non-hydrogen) atoms. The Balaban J connectivity index is 2.05. The molecule has 1 aromatic carbocycles. The number of halogens is 2. The van der Waals surface area contributed by atoms with Crippen molar-refractivity contribution in [2.75, 3.05) is 12.8 Å². The smallest absolute Gasteiger partial charge is 0.175 e. The van der Waals surface area contributed by atoms with E-state index in [0.717, 1.165) is 41.6 Å². The summed E-state index contributed by atoms with van der Waals surface area (Å²) in [6.45, 7) is 0.720. The van der Waals surface area contributed by atoms with Gasteiger partial charge in [0, 0.05) is 21.4 Å². The van der Waals surface area contributed by atoms with E-state index in [9.17, 15) is 0 Å². The number of unbranched alkanes of at least 4 members (excludes halogenated alkanes) is 1. The fourth-order valence-corrected chi connectivity index (χ4v) is 5.42. The van der Waals surface area contributed by atoms with Crippen molar-refractivity contribution < 1.29 is 4.74 Å². The molecular weight excluding hydrogens is 576 g/mol.